The monoisotopic (exact) mass is 306 g/mol. The topological polar surface area (TPSA) is 15.3 Å². The number of benzene rings is 1. The Morgan fingerprint density at radius 2 is 2.14 bits per heavy atom. The van der Waals surface area contributed by atoms with Crippen LogP contribution in [0, 0.1) is 0 Å². The number of thioether (sulfide) groups is 1. The van der Waals surface area contributed by atoms with Gasteiger partial charge in [-0.1, -0.05) is 37.3 Å². The molecule has 1 fully saturated rings. The first-order chi connectivity index (χ1) is 10.3. The lowest BCUT2D eigenvalue weighted by molar-refractivity contribution is 0.201. The van der Waals surface area contributed by atoms with Crippen molar-refractivity contribution in [3.8, 4) is 0 Å². The lowest BCUT2D eigenvalue weighted by Crippen LogP contribution is -2.43. The Hall–Kier alpha value is -0.510. The van der Waals surface area contributed by atoms with E-state index in [1.54, 1.807) is 0 Å². The molecule has 3 heteroatoms. The van der Waals surface area contributed by atoms with E-state index in [0.29, 0.717) is 12.1 Å². The summed E-state index contributed by atoms with van der Waals surface area (Å²) in [6, 6.07) is 12.2. The van der Waals surface area contributed by atoms with Crippen molar-refractivity contribution in [1.29, 1.82) is 0 Å². The minimum atomic E-state index is 0.594. The molecule has 1 aliphatic heterocycles. The Balaban J connectivity index is 1.85. The molecule has 2 unspecified atom stereocenters. The molecular weight excluding hydrogens is 276 g/mol. The zero-order chi connectivity index (χ0) is 14.9. The molecule has 0 bridgehead atoms. The van der Waals surface area contributed by atoms with E-state index in [-0.39, 0.29) is 0 Å². The molecule has 1 heterocycles. The van der Waals surface area contributed by atoms with Gasteiger partial charge in [0.25, 0.3) is 0 Å². The molecule has 0 saturated carbocycles. The summed E-state index contributed by atoms with van der Waals surface area (Å²) in [6.45, 7) is 8.25. The first kappa shape index (κ1) is 16.9. The third kappa shape index (κ3) is 6.01. The van der Waals surface area contributed by atoms with Gasteiger partial charge < -0.3 is 5.32 Å². The van der Waals surface area contributed by atoms with Crippen molar-refractivity contribution in [3.05, 3.63) is 35.9 Å². The Morgan fingerprint density at radius 1 is 1.33 bits per heavy atom. The van der Waals surface area contributed by atoms with Crippen LogP contribution in [-0.2, 0) is 6.42 Å². The van der Waals surface area contributed by atoms with E-state index in [2.05, 4.69) is 66.2 Å². The molecule has 1 aliphatic rings. The largest absolute Gasteiger partial charge is 0.312 e. The van der Waals surface area contributed by atoms with Crippen molar-refractivity contribution >= 4 is 11.8 Å². The van der Waals surface area contributed by atoms with Crippen LogP contribution in [0.1, 0.15) is 32.3 Å². The number of rotatable bonds is 7. The summed E-state index contributed by atoms with van der Waals surface area (Å²) in [6.07, 6.45) is 3.74. The molecule has 2 nitrogen and oxygen atoms in total. The van der Waals surface area contributed by atoms with E-state index in [0.717, 1.165) is 13.0 Å². The van der Waals surface area contributed by atoms with Crippen LogP contribution in [0.4, 0.5) is 0 Å². The maximum atomic E-state index is 3.74. The zero-order valence-corrected chi connectivity index (χ0v) is 14.4. The van der Waals surface area contributed by atoms with E-state index in [9.17, 15) is 0 Å². The van der Waals surface area contributed by atoms with Crippen molar-refractivity contribution in [1.82, 2.24) is 10.2 Å². The minimum Gasteiger partial charge on any atom is -0.312 e. The smallest absolute Gasteiger partial charge is 0.0235 e. The van der Waals surface area contributed by atoms with Crippen LogP contribution in [0.3, 0.4) is 0 Å². The maximum absolute atomic E-state index is 3.74. The first-order valence-electron chi connectivity index (χ1n) is 8.38. The quantitative estimate of drug-likeness (QED) is 0.777. The standard InChI is InChI=1S/C18H30N2S/c1-3-21-13-10-16(2)20-12-7-11-19-18(15-20)14-17-8-5-4-6-9-17/h4-6,8-9,16,18-19H,3,7,10-15H2,1-2H3. The number of nitrogens with zero attached hydrogens (tertiary/aromatic N) is 1. The third-order valence-corrected chi connectivity index (χ3v) is 5.27. The molecule has 0 amide bonds. The Bertz CT molecular complexity index is 382. The van der Waals surface area contributed by atoms with Crippen LogP contribution < -0.4 is 5.32 Å². The van der Waals surface area contributed by atoms with Crippen molar-refractivity contribution < 1.29 is 0 Å². The fourth-order valence-corrected chi connectivity index (χ4v) is 3.84. The number of nitrogens with one attached hydrogen (secondary N) is 1. The average molecular weight is 307 g/mol. The average Bonchev–Trinajstić information content (AvgIpc) is 2.74. The second kappa shape index (κ2) is 9.50. The SMILES string of the molecule is CCSCCC(C)N1CCCNC(Cc2ccccc2)C1. The molecule has 21 heavy (non-hydrogen) atoms. The van der Waals surface area contributed by atoms with Gasteiger partial charge in [-0.15, -0.1) is 0 Å². The highest BCUT2D eigenvalue weighted by Crippen LogP contribution is 2.14. The molecule has 0 aliphatic carbocycles. The highest BCUT2D eigenvalue weighted by atomic mass is 32.2. The zero-order valence-electron chi connectivity index (χ0n) is 13.6. The molecule has 1 saturated heterocycles. The van der Waals surface area contributed by atoms with Crippen molar-refractivity contribution in [2.75, 3.05) is 31.1 Å². The summed E-state index contributed by atoms with van der Waals surface area (Å²) in [4.78, 5) is 2.70. The molecule has 1 N–H and O–H groups in total. The van der Waals surface area contributed by atoms with Crippen LogP contribution in [0.5, 0.6) is 0 Å². The fourth-order valence-electron chi connectivity index (χ4n) is 3.04. The van der Waals surface area contributed by atoms with E-state index in [4.69, 9.17) is 0 Å². The van der Waals surface area contributed by atoms with Gasteiger partial charge in [0.1, 0.15) is 0 Å². The Morgan fingerprint density at radius 3 is 2.90 bits per heavy atom. The van der Waals surface area contributed by atoms with Crippen molar-refractivity contribution in [3.63, 3.8) is 0 Å². The summed E-state index contributed by atoms with van der Waals surface area (Å²) in [7, 11) is 0. The molecule has 2 rings (SSSR count). The summed E-state index contributed by atoms with van der Waals surface area (Å²) in [5.41, 5.74) is 1.45. The van der Waals surface area contributed by atoms with Crippen LogP contribution in [-0.4, -0.2) is 48.1 Å². The van der Waals surface area contributed by atoms with Gasteiger partial charge in [0.2, 0.25) is 0 Å². The Labute approximate surface area is 134 Å². The molecular formula is C18H30N2S. The van der Waals surface area contributed by atoms with Crippen molar-refractivity contribution in [2.24, 2.45) is 0 Å². The molecule has 0 radical (unpaired) electrons. The molecule has 0 aromatic heterocycles. The second-order valence-corrected chi connectivity index (χ2v) is 7.42. The van der Waals surface area contributed by atoms with Gasteiger partial charge in [-0.3, -0.25) is 4.90 Å². The van der Waals surface area contributed by atoms with Crippen LogP contribution in [0.25, 0.3) is 0 Å². The number of hydrogen-bond donors (Lipinski definition) is 1. The fraction of sp³-hybridized carbons (Fsp3) is 0.667. The molecule has 1 aromatic carbocycles. The summed E-state index contributed by atoms with van der Waals surface area (Å²) >= 11 is 2.07. The Kier molecular flexibility index (Phi) is 7.62. The predicted molar refractivity (Wildman–Crippen MR) is 95.2 cm³/mol. The van der Waals surface area contributed by atoms with Crippen LogP contribution >= 0.6 is 11.8 Å². The van der Waals surface area contributed by atoms with E-state index < -0.39 is 0 Å². The molecule has 1 aromatic rings. The van der Waals surface area contributed by atoms with Crippen molar-refractivity contribution in [2.45, 2.75) is 45.2 Å². The van der Waals surface area contributed by atoms with E-state index in [1.807, 2.05) is 0 Å². The normalized spacial score (nSPS) is 21.9. The molecule has 118 valence electrons. The summed E-state index contributed by atoms with van der Waals surface area (Å²) in [5.74, 6) is 2.54. The first-order valence-corrected chi connectivity index (χ1v) is 9.54. The minimum absolute atomic E-state index is 0.594. The highest BCUT2D eigenvalue weighted by Gasteiger charge is 2.21. The second-order valence-electron chi connectivity index (χ2n) is 6.02. The lowest BCUT2D eigenvalue weighted by Gasteiger charge is -2.30. The maximum Gasteiger partial charge on any atom is 0.0235 e. The van der Waals surface area contributed by atoms with E-state index in [1.165, 1.54) is 43.0 Å². The van der Waals surface area contributed by atoms with E-state index >= 15 is 0 Å². The van der Waals surface area contributed by atoms with Gasteiger partial charge in [0, 0.05) is 18.6 Å². The van der Waals surface area contributed by atoms with Gasteiger partial charge >= 0.3 is 0 Å². The molecule has 0 spiro atoms. The highest BCUT2D eigenvalue weighted by molar-refractivity contribution is 7.99. The third-order valence-electron chi connectivity index (χ3n) is 4.34. The number of hydrogen-bond acceptors (Lipinski definition) is 3. The molecule has 2 atom stereocenters. The van der Waals surface area contributed by atoms with Gasteiger partial charge in [0.15, 0.2) is 0 Å². The van der Waals surface area contributed by atoms with Gasteiger partial charge in [-0.05, 0) is 56.3 Å². The van der Waals surface area contributed by atoms with Crippen LogP contribution in [0.2, 0.25) is 0 Å². The van der Waals surface area contributed by atoms with Gasteiger partial charge in [-0.2, -0.15) is 11.8 Å². The van der Waals surface area contributed by atoms with Crippen LogP contribution in [0.15, 0.2) is 30.3 Å². The lowest BCUT2D eigenvalue weighted by atomic mass is 10.1. The predicted octanol–water partition coefficient (Wildman–Crippen LogP) is 3.42. The summed E-state index contributed by atoms with van der Waals surface area (Å²) < 4.78 is 0. The van der Waals surface area contributed by atoms with Gasteiger partial charge in [-0.25, -0.2) is 0 Å². The van der Waals surface area contributed by atoms with Gasteiger partial charge in [0.05, 0.1) is 0 Å². The summed E-state index contributed by atoms with van der Waals surface area (Å²) in [5, 5.41) is 3.74.